The van der Waals surface area contributed by atoms with Crippen LogP contribution in [-0.4, -0.2) is 55.7 Å². The van der Waals surface area contributed by atoms with Gasteiger partial charge in [-0.15, -0.1) is 0 Å². The number of amides is 2. The van der Waals surface area contributed by atoms with Crippen LogP contribution in [0, 0.1) is 0 Å². The van der Waals surface area contributed by atoms with Gasteiger partial charge in [0.2, 0.25) is 0 Å². The van der Waals surface area contributed by atoms with E-state index in [1.807, 2.05) is 34.1 Å². The Morgan fingerprint density at radius 2 is 1.75 bits per heavy atom. The first-order valence-corrected chi connectivity index (χ1v) is 12.2. The molecule has 0 unspecified atom stereocenters. The number of hydrogen-bond donors (Lipinski definition) is 0. The predicted molar refractivity (Wildman–Crippen MR) is 129 cm³/mol. The van der Waals surface area contributed by atoms with Gasteiger partial charge < -0.3 is 9.64 Å². The number of rotatable bonds is 3. The molecule has 0 saturated carbocycles. The Labute approximate surface area is 199 Å². The summed E-state index contributed by atoms with van der Waals surface area (Å²) in [6.07, 6.45) is 4.23. The predicted octanol–water partition coefficient (Wildman–Crippen LogP) is 5.57. The van der Waals surface area contributed by atoms with Gasteiger partial charge in [-0.2, -0.15) is 0 Å². The Hall–Kier alpha value is -1.95. The molecular weight excluding hydrogens is 445 g/mol. The number of carbonyl (C=O) groups is 1. The van der Waals surface area contributed by atoms with Gasteiger partial charge in [0.1, 0.15) is 5.75 Å². The van der Waals surface area contributed by atoms with Crippen molar-refractivity contribution in [1.29, 1.82) is 0 Å². The molecule has 0 aromatic heterocycles. The first kappa shape index (κ1) is 21.9. The second kappa shape index (κ2) is 8.77. The second-order valence-corrected chi connectivity index (χ2v) is 10.1. The zero-order valence-electron chi connectivity index (χ0n) is 18.4. The SMILES string of the molecule is COc1ccc2c(c1)C1(CCN(Cc3ccc(Cl)c(Cl)c3)CC1)CN2C(=O)N1CCCC1. The third-order valence-electron chi connectivity index (χ3n) is 7.34. The number of ether oxygens (including phenoxy) is 1. The van der Waals surface area contributed by atoms with Gasteiger partial charge in [0, 0.05) is 37.3 Å². The molecule has 170 valence electrons. The molecule has 5 nitrogen and oxygen atoms in total. The molecule has 3 aliphatic rings. The lowest BCUT2D eigenvalue weighted by Crippen LogP contribution is -2.48. The number of methoxy groups -OCH3 is 1. The van der Waals surface area contributed by atoms with Gasteiger partial charge in [-0.25, -0.2) is 4.79 Å². The maximum atomic E-state index is 13.3. The minimum atomic E-state index is -0.0204. The number of fused-ring (bicyclic) bond motifs is 2. The summed E-state index contributed by atoms with van der Waals surface area (Å²) in [6, 6.07) is 12.2. The quantitative estimate of drug-likeness (QED) is 0.584. The molecule has 3 aliphatic heterocycles. The summed E-state index contributed by atoms with van der Waals surface area (Å²) >= 11 is 12.3. The standard InChI is InChI=1S/C25H29Cl2N3O2/c1-32-19-5-7-23-20(15-19)25(17-30(23)24(31)29-10-2-3-11-29)8-12-28(13-9-25)16-18-4-6-21(26)22(27)14-18/h4-7,14-15H,2-3,8-13,16-17H2,1H3. The largest absolute Gasteiger partial charge is 0.497 e. The molecule has 2 aromatic rings. The monoisotopic (exact) mass is 473 g/mol. The molecular formula is C25H29Cl2N3O2. The van der Waals surface area contributed by atoms with Crippen LogP contribution in [0.5, 0.6) is 5.75 Å². The van der Waals surface area contributed by atoms with E-state index < -0.39 is 0 Å². The van der Waals surface area contributed by atoms with E-state index in [4.69, 9.17) is 27.9 Å². The molecule has 0 radical (unpaired) electrons. The number of halogens is 2. The van der Waals surface area contributed by atoms with E-state index in [9.17, 15) is 4.79 Å². The van der Waals surface area contributed by atoms with Gasteiger partial charge in [-0.3, -0.25) is 9.80 Å². The maximum absolute atomic E-state index is 13.3. The summed E-state index contributed by atoms with van der Waals surface area (Å²) in [5.41, 5.74) is 3.47. The number of likely N-dealkylation sites (tertiary alicyclic amines) is 2. The fourth-order valence-corrected chi connectivity index (χ4v) is 5.81. The van der Waals surface area contributed by atoms with Crippen molar-refractivity contribution in [1.82, 2.24) is 9.80 Å². The summed E-state index contributed by atoms with van der Waals surface area (Å²) in [5, 5.41) is 1.19. The maximum Gasteiger partial charge on any atom is 0.324 e. The van der Waals surface area contributed by atoms with Gasteiger partial charge in [0.05, 0.1) is 17.2 Å². The highest BCUT2D eigenvalue weighted by Crippen LogP contribution is 2.48. The lowest BCUT2D eigenvalue weighted by molar-refractivity contribution is 0.158. The van der Waals surface area contributed by atoms with Gasteiger partial charge in [-0.05, 0) is 80.2 Å². The highest BCUT2D eigenvalue weighted by atomic mass is 35.5. The molecule has 2 aromatic carbocycles. The van der Waals surface area contributed by atoms with E-state index in [1.54, 1.807) is 7.11 Å². The number of anilines is 1. The zero-order valence-corrected chi connectivity index (χ0v) is 20.0. The van der Waals surface area contributed by atoms with Crippen LogP contribution in [0.4, 0.5) is 10.5 Å². The fourth-order valence-electron chi connectivity index (χ4n) is 5.49. The molecule has 0 atom stereocenters. The normalized spacial score (nSPS) is 20.1. The molecule has 3 heterocycles. The van der Waals surface area contributed by atoms with Crippen LogP contribution in [0.15, 0.2) is 36.4 Å². The third-order valence-corrected chi connectivity index (χ3v) is 8.08. The lowest BCUT2D eigenvalue weighted by Gasteiger charge is -2.40. The van der Waals surface area contributed by atoms with Gasteiger partial charge in [0.15, 0.2) is 0 Å². The van der Waals surface area contributed by atoms with Gasteiger partial charge in [-0.1, -0.05) is 29.3 Å². The van der Waals surface area contributed by atoms with Crippen LogP contribution < -0.4 is 9.64 Å². The Bertz CT molecular complexity index is 1010. The third kappa shape index (κ3) is 3.95. The fraction of sp³-hybridized carbons (Fsp3) is 0.480. The highest BCUT2D eigenvalue weighted by molar-refractivity contribution is 6.42. The molecule has 0 N–H and O–H groups in total. The van der Waals surface area contributed by atoms with E-state index >= 15 is 0 Å². The molecule has 0 bridgehead atoms. The topological polar surface area (TPSA) is 36.0 Å². The van der Waals surface area contributed by atoms with Crippen molar-refractivity contribution in [2.45, 2.75) is 37.6 Å². The van der Waals surface area contributed by atoms with Crippen LogP contribution in [0.2, 0.25) is 10.0 Å². The van der Waals surface area contributed by atoms with Crippen molar-refractivity contribution in [3.05, 3.63) is 57.6 Å². The summed E-state index contributed by atoms with van der Waals surface area (Å²) in [6.45, 7) is 5.29. The van der Waals surface area contributed by atoms with E-state index in [2.05, 4.69) is 17.0 Å². The summed E-state index contributed by atoms with van der Waals surface area (Å²) in [7, 11) is 1.70. The number of nitrogens with zero attached hydrogens (tertiary/aromatic N) is 3. The minimum absolute atomic E-state index is 0.0204. The van der Waals surface area contributed by atoms with Gasteiger partial charge >= 0.3 is 6.03 Å². The molecule has 2 fully saturated rings. The average molecular weight is 474 g/mol. The van der Waals surface area contributed by atoms with Crippen LogP contribution in [0.1, 0.15) is 36.8 Å². The Kier molecular flexibility index (Phi) is 5.99. The molecule has 0 aliphatic carbocycles. The molecule has 1 spiro atoms. The Morgan fingerprint density at radius 1 is 1.00 bits per heavy atom. The number of piperidine rings is 1. The first-order chi connectivity index (χ1) is 15.5. The van der Waals surface area contributed by atoms with Crippen molar-refractivity contribution < 1.29 is 9.53 Å². The smallest absolute Gasteiger partial charge is 0.324 e. The molecule has 2 saturated heterocycles. The van der Waals surface area contributed by atoms with Crippen LogP contribution >= 0.6 is 23.2 Å². The molecule has 2 amide bonds. The number of carbonyl (C=O) groups excluding carboxylic acids is 1. The first-order valence-electron chi connectivity index (χ1n) is 11.4. The van der Waals surface area contributed by atoms with Gasteiger partial charge in [0.25, 0.3) is 0 Å². The zero-order chi connectivity index (χ0) is 22.3. The second-order valence-electron chi connectivity index (χ2n) is 9.25. The number of urea groups is 1. The van der Waals surface area contributed by atoms with E-state index in [-0.39, 0.29) is 11.4 Å². The van der Waals surface area contributed by atoms with E-state index in [0.717, 1.165) is 76.4 Å². The van der Waals surface area contributed by atoms with Crippen molar-refractivity contribution in [2.75, 3.05) is 44.7 Å². The summed E-state index contributed by atoms with van der Waals surface area (Å²) < 4.78 is 5.54. The van der Waals surface area contributed by atoms with Crippen molar-refractivity contribution in [2.24, 2.45) is 0 Å². The van der Waals surface area contributed by atoms with E-state index in [1.165, 1.54) is 11.1 Å². The minimum Gasteiger partial charge on any atom is -0.497 e. The lowest BCUT2D eigenvalue weighted by atomic mass is 9.74. The summed E-state index contributed by atoms with van der Waals surface area (Å²) in [5.74, 6) is 0.858. The van der Waals surface area contributed by atoms with Crippen LogP contribution in [-0.2, 0) is 12.0 Å². The van der Waals surface area contributed by atoms with Crippen LogP contribution in [0.3, 0.4) is 0 Å². The Balaban J connectivity index is 1.36. The van der Waals surface area contributed by atoms with E-state index in [0.29, 0.717) is 10.0 Å². The Morgan fingerprint density at radius 3 is 2.44 bits per heavy atom. The molecule has 32 heavy (non-hydrogen) atoms. The number of hydrogen-bond acceptors (Lipinski definition) is 3. The summed E-state index contributed by atoms with van der Waals surface area (Å²) in [4.78, 5) is 19.8. The van der Waals surface area contributed by atoms with Crippen LogP contribution in [0.25, 0.3) is 0 Å². The molecule has 7 heteroatoms. The van der Waals surface area contributed by atoms with Crippen molar-refractivity contribution >= 4 is 34.9 Å². The highest BCUT2D eigenvalue weighted by Gasteiger charge is 2.47. The molecule has 5 rings (SSSR count). The van der Waals surface area contributed by atoms with Crippen molar-refractivity contribution in [3.8, 4) is 5.75 Å². The number of benzene rings is 2. The average Bonchev–Trinajstić information content (AvgIpc) is 3.45. The van der Waals surface area contributed by atoms with Crippen molar-refractivity contribution in [3.63, 3.8) is 0 Å².